The van der Waals surface area contributed by atoms with Crippen LogP contribution in [0.3, 0.4) is 0 Å². The van der Waals surface area contributed by atoms with Crippen LogP contribution in [0.2, 0.25) is 0 Å². The molecule has 3 aromatic carbocycles. The Balaban J connectivity index is 0.685. The molecule has 462 valence electrons. The van der Waals surface area contributed by atoms with Crippen LogP contribution >= 0.6 is 102 Å². The summed E-state index contributed by atoms with van der Waals surface area (Å²) in [6.45, 7) is 9.05. The molecular formula is C72H30N12O4S10. The van der Waals surface area contributed by atoms with Crippen LogP contribution in [0.4, 0.5) is 11.4 Å². The van der Waals surface area contributed by atoms with Crippen LogP contribution in [0.15, 0.2) is 91.7 Å². The topological polar surface area (TPSA) is 293 Å². The Bertz CT molecular complexity index is 6080. The van der Waals surface area contributed by atoms with Crippen molar-refractivity contribution in [2.24, 2.45) is 8.73 Å². The highest BCUT2D eigenvalue weighted by molar-refractivity contribution is 7.58. The highest BCUT2D eigenvalue weighted by Gasteiger charge is 2.45. The molecule has 5 aliphatic rings. The van der Waals surface area contributed by atoms with Crippen molar-refractivity contribution in [3.63, 3.8) is 0 Å². The number of fused-ring (bicyclic) bond motifs is 14. The van der Waals surface area contributed by atoms with E-state index < -0.39 is 11.6 Å². The van der Waals surface area contributed by atoms with E-state index >= 15 is 0 Å². The van der Waals surface area contributed by atoms with Crippen LogP contribution in [-0.4, -0.2) is 34.5 Å². The first kappa shape index (κ1) is 60.9. The minimum absolute atomic E-state index is 0.0274. The van der Waals surface area contributed by atoms with E-state index in [-0.39, 0.29) is 88.8 Å². The third-order valence-electron chi connectivity index (χ3n) is 18.3. The van der Waals surface area contributed by atoms with Crippen molar-refractivity contribution < 1.29 is 19.1 Å². The molecule has 4 aliphatic carbocycles. The summed E-state index contributed by atoms with van der Waals surface area (Å²) in [6, 6.07) is 33.8. The van der Waals surface area contributed by atoms with E-state index in [1.54, 1.807) is 94.4 Å². The Kier molecular flexibility index (Phi) is 13.6. The number of methoxy groups -OCH3 is 2. The summed E-state index contributed by atoms with van der Waals surface area (Å²) in [6.07, 6.45) is 3.30. The minimum atomic E-state index is -0.457. The molecule has 0 unspecified atom stereocenters. The SMILES string of the molecule is COc1cc(/C=C2\C(=O)c3cc(C#N)c(C#N)cc3C2=C(C#N)C#N)sc1-c1cc2c(s1)-c1sc3cc(-c4c5c(c(-c6cc7sc8c(c7s6)C(C)(C)c6cc(-c7sc(/C=C9\C(=O)c%10cc(C#N)c(C#N)cc%10C9=C(C#N)C#N)cc7OC)sc6-8)c6nsnc46)N=S=N5)sc3c1C2(C)C. The molecule has 26 heteroatoms. The van der Waals surface area contributed by atoms with Gasteiger partial charge < -0.3 is 9.47 Å². The van der Waals surface area contributed by atoms with Crippen LogP contribution < -0.4 is 9.47 Å². The van der Waals surface area contributed by atoms with Gasteiger partial charge in [0.1, 0.15) is 93.6 Å². The van der Waals surface area contributed by atoms with Gasteiger partial charge in [-0.3, -0.25) is 9.59 Å². The van der Waals surface area contributed by atoms with Crippen molar-refractivity contribution in [2.75, 3.05) is 14.2 Å². The summed E-state index contributed by atoms with van der Waals surface area (Å²) in [5, 5.41) is 79.3. The number of allylic oxidation sites excluding steroid dienone is 6. The molecule has 0 radical (unpaired) electrons. The predicted octanol–water partition coefficient (Wildman–Crippen LogP) is 20.2. The number of carbonyl (C=O) groups is 2. The van der Waals surface area contributed by atoms with Gasteiger partial charge in [0.25, 0.3) is 0 Å². The van der Waals surface area contributed by atoms with Gasteiger partial charge in [0.15, 0.2) is 11.6 Å². The quantitative estimate of drug-likeness (QED) is 0.101. The summed E-state index contributed by atoms with van der Waals surface area (Å²) in [5.41, 5.74) is 9.94. The Morgan fingerprint density at radius 2 is 0.837 bits per heavy atom. The number of hydrogen-bond acceptors (Lipinski definition) is 25. The molecule has 9 aromatic heterocycles. The normalized spacial score (nSPS) is 15.2. The maximum Gasteiger partial charge on any atom is 0.194 e. The van der Waals surface area contributed by atoms with Gasteiger partial charge >= 0.3 is 0 Å². The minimum Gasteiger partial charge on any atom is -0.495 e. The number of aromatic nitrogens is 2. The van der Waals surface area contributed by atoms with Crippen LogP contribution in [0.25, 0.3) is 113 Å². The molecule has 10 heterocycles. The van der Waals surface area contributed by atoms with Crippen LogP contribution in [0, 0.1) is 90.6 Å². The van der Waals surface area contributed by atoms with E-state index in [0.29, 0.717) is 21.3 Å². The third kappa shape index (κ3) is 8.34. The Hall–Kier alpha value is -10.8. The van der Waals surface area contributed by atoms with Crippen molar-refractivity contribution in [3.8, 4) is 120 Å². The van der Waals surface area contributed by atoms with Gasteiger partial charge in [-0.05, 0) is 106 Å². The summed E-state index contributed by atoms with van der Waals surface area (Å²) in [4.78, 5) is 40.0. The second-order valence-corrected chi connectivity index (χ2v) is 33.5. The summed E-state index contributed by atoms with van der Waals surface area (Å²) in [5.74, 6) is 0.282. The fourth-order valence-corrected chi connectivity index (χ4v) is 26.3. The fourth-order valence-electron chi connectivity index (χ4n) is 13.9. The smallest absolute Gasteiger partial charge is 0.194 e. The van der Waals surface area contributed by atoms with Gasteiger partial charge in [0, 0.05) is 104 Å². The van der Waals surface area contributed by atoms with E-state index in [4.69, 9.17) is 26.9 Å². The Morgan fingerprint density at radius 1 is 0.449 bits per heavy atom. The first-order valence-electron chi connectivity index (χ1n) is 29.2. The van der Waals surface area contributed by atoms with Crippen molar-refractivity contribution in [2.45, 2.75) is 38.5 Å². The number of thiophene rings is 8. The first-order chi connectivity index (χ1) is 47.4. The van der Waals surface area contributed by atoms with Gasteiger partial charge in [0.05, 0.1) is 88.5 Å². The lowest BCUT2D eigenvalue weighted by Gasteiger charge is -2.19. The molecule has 98 heavy (non-hydrogen) atoms. The average Bonchev–Trinajstić information content (AvgIpc) is 1.54. The molecule has 0 spiro atoms. The van der Waals surface area contributed by atoms with E-state index in [0.717, 1.165) is 72.2 Å². The predicted molar refractivity (Wildman–Crippen MR) is 390 cm³/mol. The lowest BCUT2D eigenvalue weighted by molar-refractivity contribution is 0.103. The lowest BCUT2D eigenvalue weighted by atomic mass is 9.84. The maximum atomic E-state index is 14.1. The number of rotatable bonds is 8. The molecule has 12 aromatic rings. The highest BCUT2D eigenvalue weighted by atomic mass is 32.1. The highest BCUT2D eigenvalue weighted by Crippen LogP contribution is 2.66. The molecule has 1 aliphatic heterocycles. The summed E-state index contributed by atoms with van der Waals surface area (Å²) >= 11 is 15.6. The molecule has 17 rings (SSSR count). The molecule has 0 fully saturated rings. The molecule has 0 bridgehead atoms. The van der Waals surface area contributed by atoms with E-state index in [9.17, 15) is 51.7 Å². The van der Waals surface area contributed by atoms with Gasteiger partial charge in [0.2, 0.25) is 0 Å². The second-order valence-electron chi connectivity index (χ2n) is 24.0. The third-order valence-corrected chi connectivity index (χ3v) is 29.3. The molecule has 0 N–H and O–H groups in total. The van der Waals surface area contributed by atoms with Crippen LogP contribution in [0.5, 0.6) is 11.5 Å². The summed E-state index contributed by atoms with van der Waals surface area (Å²) in [7, 11) is 3.19. The Labute approximate surface area is 595 Å². The second kappa shape index (κ2) is 21.9. The number of ether oxygens (including phenoxy) is 2. The van der Waals surface area contributed by atoms with Crippen molar-refractivity contribution in [3.05, 3.63) is 159 Å². The van der Waals surface area contributed by atoms with Crippen molar-refractivity contribution in [1.29, 1.82) is 42.1 Å². The molecular weight excluding hydrogens is 1420 g/mol. The van der Waals surface area contributed by atoms with Gasteiger partial charge in [-0.25, -0.2) is 0 Å². The first-order valence-corrected chi connectivity index (χ1v) is 37.2. The van der Waals surface area contributed by atoms with Crippen LogP contribution in [-0.2, 0) is 22.2 Å². The van der Waals surface area contributed by atoms with Gasteiger partial charge in [-0.2, -0.15) is 59.6 Å². The fraction of sp³-hybridized carbons (Fsp3) is 0.111. The number of nitrogens with zero attached hydrogens (tertiary/aromatic N) is 12. The number of benzene rings is 3. The zero-order valence-electron chi connectivity index (χ0n) is 51.0. The zero-order chi connectivity index (χ0) is 67.9. The van der Waals surface area contributed by atoms with Crippen molar-refractivity contribution >= 4 is 190 Å². The largest absolute Gasteiger partial charge is 0.495 e. The maximum absolute atomic E-state index is 14.1. The van der Waals surface area contributed by atoms with Gasteiger partial charge in [-0.1, -0.05) is 27.7 Å². The number of carbonyl (C=O) groups excluding carboxylic acids is 2. The summed E-state index contributed by atoms with van der Waals surface area (Å²) < 4.78 is 36.7. The molecule has 0 atom stereocenters. The number of Topliss-reactive ketones (excluding diaryl/α,β-unsaturated/α-hetero) is 2. The molecule has 0 saturated carbocycles. The van der Waals surface area contributed by atoms with E-state index in [1.165, 1.54) is 121 Å². The molecule has 16 nitrogen and oxygen atoms in total. The van der Waals surface area contributed by atoms with Crippen molar-refractivity contribution in [1.82, 2.24) is 8.75 Å². The Morgan fingerprint density at radius 3 is 1.20 bits per heavy atom. The number of ketones is 2. The average molecular weight is 1450 g/mol. The van der Waals surface area contributed by atoms with E-state index in [1.807, 2.05) is 60.7 Å². The monoisotopic (exact) mass is 1450 g/mol. The lowest BCUT2D eigenvalue weighted by Crippen LogP contribution is -2.13. The van der Waals surface area contributed by atoms with Crippen LogP contribution in [0.1, 0.15) is 114 Å². The number of hydrogen-bond donors (Lipinski definition) is 0. The molecule has 0 amide bonds. The zero-order valence-corrected chi connectivity index (χ0v) is 59.2. The number of nitriles is 8. The van der Waals surface area contributed by atoms with Gasteiger partial charge in [-0.15, -0.1) is 90.7 Å². The standard InChI is InChI=1S/C72H30N12O4S10/c1-71(2)41-15-47(65-43(87-5)13-33(89-65)11-39-51(31(23-77)24-78)35-7-27(19-73)29(21-75)9-37(35)61(39)85)93-63(41)69-55(71)67-49(95-69)17-45(91-67)53-57-59(83-97-81-57)54(60-58(53)82-98-84-60)46-18-50-68(92-46)56-70(96-50)64-42(72(56,3)4)16-48(94-64)66-44(88-6)14-34(90-66)12-40-52(32(25-79)26-80)36-8-28(20-74)30(22-76)10-38(36)62(40)86/h7-18H,1-6H3/b39-11-,40-12-. The van der Waals surface area contributed by atoms with E-state index in [2.05, 4.69) is 52.0 Å². The molecule has 0 saturated heterocycles.